The van der Waals surface area contributed by atoms with Crippen LogP contribution in [-0.2, 0) is 0 Å². The molecule has 0 saturated heterocycles. The Kier molecular flexibility index (Phi) is 3.46. The normalized spacial score (nSPS) is 10.6. The number of carbonyl (C=O) groups is 1. The summed E-state index contributed by atoms with van der Waals surface area (Å²) < 4.78 is 0. The van der Waals surface area contributed by atoms with Crippen LogP contribution < -0.4 is 0 Å². The molecule has 1 heterocycles. The van der Waals surface area contributed by atoms with Crippen molar-refractivity contribution in [3.8, 4) is 0 Å². The first-order chi connectivity index (χ1) is 8.25. The molecule has 2 aromatic rings. The summed E-state index contributed by atoms with van der Waals surface area (Å²) in [6.45, 7) is 1.95. The minimum absolute atomic E-state index is 0.0751. The number of aromatic nitrogens is 1. The van der Waals surface area contributed by atoms with Gasteiger partial charge in [0.25, 0.3) is 0 Å². The highest BCUT2D eigenvalue weighted by Crippen LogP contribution is 2.04. The van der Waals surface area contributed by atoms with Crippen molar-refractivity contribution in [2.45, 2.75) is 6.92 Å². The maximum Gasteiger partial charge on any atom is 0.204 e. The first-order valence-corrected chi connectivity index (χ1v) is 5.46. The van der Waals surface area contributed by atoms with Gasteiger partial charge in [0.15, 0.2) is 0 Å². The van der Waals surface area contributed by atoms with E-state index in [1.807, 2.05) is 43.3 Å². The highest BCUT2D eigenvalue weighted by atomic mass is 16.1. The predicted molar refractivity (Wildman–Crippen MR) is 68.8 cm³/mol. The van der Waals surface area contributed by atoms with Crippen LogP contribution in [-0.4, -0.2) is 10.8 Å². The van der Waals surface area contributed by atoms with E-state index in [0.717, 1.165) is 11.1 Å². The molecule has 0 aliphatic heterocycles. The zero-order valence-electron chi connectivity index (χ0n) is 9.63. The molecule has 0 saturated carbocycles. The Morgan fingerprint density at radius 3 is 2.53 bits per heavy atom. The Balaban J connectivity index is 2.12. The molecular weight excluding hydrogens is 210 g/mol. The van der Waals surface area contributed by atoms with Gasteiger partial charge in [-0.25, -0.2) is 0 Å². The van der Waals surface area contributed by atoms with Crippen LogP contribution in [0, 0.1) is 6.92 Å². The van der Waals surface area contributed by atoms with Gasteiger partial charge in [0.1, 0.15) is 5.69 Å². The van der Waals surface area contributed by atoms with Crippen molar-refractivity contribution < 1.29 is 4.79 Å². The molecule has 1 aromatic carbocycles. The third-order valence-corrected chi connectivity index (χ3v) is 2.39. The van der Waals surface area contributed by atoms with Crippen LogP contribution in [0.25, 0.3) is 6.08 Å². The standard InChI is InChI=1S/C15H13NO/c1-12-7-9-14(16-11-12)15(17)10-8-13-5-3-2-4-6-13/h2-11H,1H3/b10-8+. The third-order valence-electron chi connectivity index (χ3n) is 2.39. The zero-order chi connectivity index (χ0) is 12.1. The molecule has 2 heteroatoms. The van der Waals surface area contributed by atoms with Gasteiger partial charge in [-0.3, -0.25) is 9.78 Å². The number of rotatable bonds is 3. The van der Waals surface area contributed by atoms with E-state index < -0.39 is 0 Å². The van der Waals surface area contributed by atoms with E-state index in [1.165, 1.54) is 0 Å². The van der Waals surface area contributed by atoms with E-state index >= 15 is 0 Å². The van der Waals surface area contributed by atoms with Crippen LogP contribution in [0.2, 0.25) is 0 Å². The average molecular weight is 223 g/mol. The largest absolute Gasteiger partial charge is 0.288 e. The van der Waals surface area contributed by atoms with Gasteiger partial charge in [-0.1, -0.05) is 42.5 Å². The number of hydrogen-bond acceptors (Lipinski definition) is 2. The van der Waals surface area contributed by atoms with Gasteiger partial charge in [0.2, 0.25) is 5.78 Å². The maximum atomic E-state index is 11.8. The molecule has 2 nitrogen and oxygen atoms in total. The number of ketones is 1. The maximum absolute atomic E-state index is 11.8. The van der Waals surface area contributed by atoms with Crippen LogP contribution in [0.15, 0.2) is 54.7 Å². The van der Waals surface area contributed by atoms with Gasteiger partial charge in [0.05, 0.1) is 0 Å². The second kappa shape index (κ2) is 5.21. The predicted octanol–water partition coefficient (Wildman–Crippen LogP) is 3.29. The molecule has 0 fully saturated rings. The Morgan fingerprint density at radius 2 is 1.88 bits per heavy atom. The second-order valence-electron chi connectivity index (χ2n) is 3.83. The van der Waals surface area contributed by atoms with Crippen molar-refractivity contribution in [1.29, 1.82) is 0 Å². The van der Waals surface area contributed by atoms with Crippen LogP contribution in [0.4, 0.5) is 0 Å². The molecule has 0 aliphatic rings. The molecule has 1 aromatic heterocycles. The minimum atomic E-state index is -0.0751. The van der Waals surface area contributed by atoms with Crippen LogP contribution in [0.3, 0.4) is 0 Å². The molecule has 0 unspecified atom stereocenters. The van der Waals surface area contributed by atoms with Gasteiger partial charge in [0, 0.05) is 6.20 Å². The minimum Gasteiger partial charge on any atom is -0.288 e. The number of nitrogens with zero attached hydrogens (tertiary/aromatic N) is 1. The van der Waals surface area contributed by atoms with Gasteiger partial charge < -0.3 is 0 Å². The first kappa shape index (κ1) is 11.3. The molecule has 0 bridgehead atoms. The first-order valence-electron chi connectivity index (χ1n) is 5.46. The third kappa shape index (κ3) is 3.11. The van der Waals surface area contributed by atoms with Crippen molar-refractivity contribution >= 4 is 11.9 Å². The second-order valence-corrected chi connectivity index (χ2v) is 3.83. The summed E-state index contributed by atoms with van der Waals surface area (Å²) >= 11 is 0. The quantitative estimate of drug-likeness (QED) is 0.590. The lowest BCUT2D eigenvalue weighted by atomic mass is 10.1. The highest BCUT2D eigenvalue weighted by molar-refractivity contribution is 6.05. The number of hydrogen-bond donors (Lipinski definition) is 0. The lowest BCUT2D eigenvalue weighted by molar-refractivity contribution is 0.104. The number of carbonyl (C=O) groups excluding carboxylic acids is 1. The Bertz CT molecular complexity index is 527. The Labute approximate surface area is 101 Å². The lowest BCUT2D eigenvalue weighted by Gasteiger charge is -1.96. The van der Waals surface area contributed by atoms with Crippen molar-refractivity contribution in [1.82, 2.24) is 4.98 Å². The monoisotopic (exact) mass is 223 g/mol. The molecule has 0 spiro atoms. The fraction of sp³-hybridized carbons (Fsp3) is 0.0667. The summed E-state index contributed by atoms with van der Waals surface area (Å²) in [6, 6.07) is 13.4. The summed E-state index contributed by atoms with van der Waals surface area (Å²) in [5, 5.41) is 0. The van der Waals surface area contributed by atoms with Crippen molar-refractivity contribution in [2.24, 2.45) is 0 Å². The summed E-state index contributed by atoms with van der Waals surface area (Å²) in [5.74, 6) is -0.0751. The van der Waals surface area contributed by atoms with E-state index in [9.17, 15) is 4.79 Å². The van der Waals surface area contributed by atoms with Crippen molar-refractivity contribution in [2.75, 3.05) is 0 Å². The van der Waals surface area contributed by atoms with Gasteiger partial charge in [-0.15, -0.1) is 0 Å². The molecular formula is C15H13NO. The molecule has 17 heavy (non-hydrogen) atoms. The Morgan fingerprint density at radius 1 is 1.12 bits per heavy atom. The average Bonchev–Trinajstić information content (AvgIpc) is 2.38. The van der Waals surface area contributed by atoms with E-state index in [-0.39, 0.29) is 5.78 Å². The van der Waals surface area contributed by atoms with Crippen molar-refractivity contribution in [3.63, 3.8) is 0 Å². The summed E-state index contributed by atoms with van der Waals surface area (Å²) in [4.78, 5) is 15.9. The summed E-state index contributed by atoms with van der Waals surface area (Å²) in [7, 11) is 0. The summed E-state index contributed by atoms with van der Waals surface area (Å²) in [6.07, 6.45) is 5.04. The number of allylic oxidation sites excluding steroid dienone is 1. The van der Waals surface area contributed by atoms with E-state index in [1.54, 1.807) is 24.4 Å². The van der Waals surface area contributed by atoms with Gasteiger partial charge >= 0.3 is 0 Å². The lowest BCUT2D eigenvalue weighted by Crippen LogP contribution is -1.97. The fourth-order valence-corrected chi connectivity index (χ4v) is 1.44. The van der Waals surface area contributed by atoms with Crippen LogP contribution in [0.5, 0.6) is 0 Å². The van der Waals surface area contributed by atoms with E-state index in [2.05, 4.69) is 4.98 Å². The number of aryl methyl sites for hydroxylation is 1. The van der Waals surface area contributed by atoms with E-state index in [4.69, 9.17) is 0 Å². The molecule has 0 amide bonds. The van der Waals surface area contributed by atoms with Crippen LogP contribution >= 0.6 is 0 Å². The highest BCUT2D eigenvalue weighted by Gasteiger charge is 2.01. The number of benzene rings is 1. The van der Waals surface area contributed by atoms with Gasteiger partial charge in [-0.2, -0.15) is 0 Å². The van der Waals surface area contributed by atoms with Crippen LogP contribution in [0.1, 0.15) is 21.6 Å². The fourth-order valence-electron chi connectivity index (χ4n) is 1.44. The number of pyridine rings is 1. The molecule has 0 aliphatic carbocycles. The molecule has 0 atom stereocenters. The smallest absolute Gasteiger partial charge is 0.204 e. The topological polar surface area (TPSA) is 30.0 Å². The Hall–Kier alpha value is -2.22. The molecule has 84 valence electrons. The van der Waals surface area contributed by atoms with Crippen molar-refractivity contribution in [3.05, 3.63) is 71.6 Å². The molecule has 0 N–H and O–H groups in total. The zero-order valence-corrected chi connectivity index (χ0v) is 9.63. The molecule has 2 rings (SSSR count). The van der Waals surface area contributed by atoms with E-state index in [0.29, 0.717) is 5.69 Å². The van der Waals surface area contributed by atoms with Gasteiger partial charge in [-0.05, 0) is 30.2 Å². The summed E-state index contributed by atoms with van der Waals surface area (Å²) in [5.41, 5.74) is 2.53. The molecule has 0 radical (unpaired) electrons. The SMILES string of the molecule is Cc1ccc(C(=O)/C=C/c2ccccc2)nc1.